The fourth-order valence-electron chi connectivity index (χ4n) is 1.86. The third-order valence-electron chi connectivity index (χ3n) is 2.79. The lowest BCUT2D eigenvalue weighted by Gasteiger charge is -2.05. The summed E-state index contributed by atoms with van der Waals surface area (Å²) in [7, 11) is 0. The number of rotatable bonds is 6. The van der Waals surface area contributed by atoms with Crippen molar-refractivity contribution in [2.24, 2.45) is 5.92 Å². The lowest BCUT2D eigenvalue weighted by atomic mass is 10.2. The van der Waals surface area contributed by atoms with E-state index in [4.69, 9.17) is 11.6 Å². The summed E-state index contributed by atoms with van der Waals surface area (Å²) in [5.41, 5.74) is 0.825. The van der Waals surface area contributed by atoms with Crippen molar-refractivity contribution in [2.45, 2.75) is 20.4 Å². The molecule has 1 aromatic heterocycles. The predicted octanol–water partition coefficient (Wildman–Crippen LogP) is 2.57. The van der Waals surface area contributed by atoms with Gasteiger partial charge in [-0.3, -0.25) is 10.1 Å². The minimum atomic E-state index is -0.487. The molecule has 8 heteroatoms. The molecule has 0 radical (unpaired) electrons. The molecule has 1 N–H and O–H groups in total. The maximum absolute atomic E-state index is 11.1. The Kier molecular flexibility index (Phi) is 4.87. The number of nitrogens with zero attached hydrogens (tertiary/aromatic N) is 4. The summed E-state index contributed by atoms with van der Waals surface area (Å²) in [4.78, 5) is 10.6. The lowest BCUT2D eigenvalue weighted by Crippen LogP contribution is -2.19. The van der Waals surface area contributed by atoms with E-state index in [9.17, 15) is 10.1 Å². The first-order valence-electron chi connectivity index (χ1n) is 6.54. The van der Waals surface area contributed by atoms with Crippen LogP contribution in [0.5, 0.6) is 0 Å². The fraction of sp³-hybridized carbons (Fsp3) is 0.385. The fourth-order valence-corrected chi connectivity index (χ4v) is 2.11. The number of halogens is 1. The number of nitrogens with one attached hydrogen (secondary N) is 1. The zero-order chi connectivity index (χ0) is 15.4. The van der Waals surface area contributed by atoms with Crippen molar-refractivity contribution >= 4 is 17.3 Å². The van der Waals surface area contributed by atoms with E-state index in [1.165, 1.54) is 16.8 Å². The van der Waals surface area contributed by atoms with Crippen molar-refractivity contribution in [3.63, 3.8) is 0 Å². The minimum absolute atomic E-state index is 0.103. The van der Waals surface area contributed by atoms with Crippen LogP contribution in [0.2, 0.25) is 5.02 Å². The highest BCUT2D eigenvalue weighted by Gasteiger charge is 2.19. The molecule has 112 valence electrons. The SMILES string of the molecule is CC(C)CNCc1cn(-c2c(Cl)cccc2[N+](=O)[O-])nn1. The summed E-state index contributed by atoms with van der Waals surface area (Å²) in [5.74, 6) is 0.532. The molecule has 0 aliphatic heterocycles. The van der Waals surface area contributed by atoms with Crippen LogP contribution in [0.1, 0.15) is 19.5 Å². The summed E-state index contributed by atoms with van der Waals surface area (Å²) in [6.45, 7) is 5.63. The van der Waals surface area contributed by atoms with E-state index in [2.05, 4.69) is 29.5 Å². The molecule has 1 heterocycles. The lowest BCUT2D eigenvalue weighted by molar-refractivity contribution is -0.384. The molecular formula is C13H16ClN5O2. The summed E-state index contributed by atoms with van der Waals surface area (Å²) in [6, 6.07) is 4.51. The van der Waals surface area contributed by atoms with Crippen LogP contribution in [0.3, 0.4) is 0 Å². The third-order valence-corrected chi connectivity index (χ3v) is 3.10. The molecular weight excluding hydrogens is 294 g/mol. The Morgan fingerprint density at radius 2 is 2.24 bits per heavy atom. The molecule has 0 unspecified atom stereocenters. The molecule has 0 saturated carbocycles. The summed E-state index contributed by atoms with van der Waals surface area (Å²) < 4.78 is 1.34. The third kappa shape index (κ3) is 3.77. The molecule has 0 aliphatic rings. The van der Waals surface area contributed by atoms with Crippen LogP contribution in [-0.2, 0) is 6.54 Å². The largest absolute Gasteiger partial charge is 0.311 e. The average Bonchev–Trinajstić information content (AvgIpc) is 2.86. The molecule has 0 amide bonds. The smallest absolute Gasteiger partial charge is 0.296 e. The van der Waals surface area contributed by atoms with Gasteiger partial charge in [0.05, 0.1) is 21.8 Å². The van der Waals surface area contributed by atoms with Crippen LogP contribution in [0, 0.1) is 16.0 Å². The Bertz CT molecular complexity index is 641. The van der Waals surface area contributed by atoms with Gasteiger partial charge in [0.15, 0.2) is 5.69 Å². The second-order valence-electron chi connectivity index (χ2n) is 5.04. The molecule has 0 spiro atoms. The highest BCUT2D eigenvalue weighted by Crippen LogP contribution is 2.29. The Morgan fingerprint density at radius 1 is 1.48 bits per heavy atom. The molecule has 0 atom stereocenters. The van der Waals surface area contributed by atoms with Crippen molar-refractivity contribution in [3.05, 3.63) is 45.2 Å². The monoisotopic (exact) mass is 309 g/mol. The molecule has 7 nitrogen and oxygen atoms in total. The van der Waals surface area contributed by atoms with Crippen molar-refractivity contribution < 1.29 is 4.92 Å². The zero-order valence-corrected chi connectivity index (χ0v) is 12.5. The van der Waals surface area contributed by atoms with Gasteiger partial charge < -0.3 is 5.32 Å². The minimum Gasteiger partial charge on any atom is -0.311 e. The van der Waals surface area contributed by atoms with E-state index >= 15 is 0 Å². The van der Waals surface area contributed by atoms with Gasteiger partial charge in [0, 0.05) is 12.6 Å². The topological polar surface area (TPSA) is 85.9 Å². The predicted molar refractivity (Wildman–Crippen MR) is 79.6 cm³/mol. The van der Waals surface area contributed by atoms with Gasteiger partial charge in [-0.25, -0.2) is 4.68 Å². The van der Waals surface area contributed by atoms with Gasteiger partial charge in [0.25, 0.3) is 5.69 Å². The highest BCUT2D eigenvalue weighted by atomic mass is 35.5. The first-order chi connectivity index (χ1) is 9.99. The maximum Gasteiger partial charge on any atom is 0.296 e. The highest BCUT2D eigenvalue weighted by molar-refractivity contribution is 6.32. The first-order valence-corrected chi connectivity index (χ1v) is 6.92. The second kappa shape index (κ2) is 6.64. The molecule has 2 aromatic rings. The zero-order valence-electron chi connectivity index (χ0n) is 11.8. The number of nitro benzene ring substituents is 1. The van der Waals surface area contributed by atoms with Crippen molar-refractivity contribution in [1.29, 1.82) is 0 Å². The summed E-state index contributed by atoms with van der Waals surface area (Å²) in [5, 5.41) is 22.5. The van der Waals surface area contributed by atoms with Crippen LogP contribution in [0.4, 0.5) is 5.69 Å². The standard InChI is InChI=1S/C13H16ClN5O2/c1-9(2)6-15-7-10-8-18(17-16-10)13-11(14)4-3-5-12(13)19(20)21/h3-5,8-9,15H,6-7H2,1-2H3. The van der Waals surface area contributed by atoms with Crippen molar-refractivity contribution in [3.8, 4) is 5.69 Å². The number of nitro groups is 1. The quantitative estimate of drug-likeness (QED) is 0.654. The van der Waals surface area contributed by atoms with E-state index < -0.39 is 4.92 Å². The number of para-hydroxylation sites is 1. The average molecular weight is 310 g/mol. The Balaban J connectivity index is 2.24. The van der Waals surface area contributed by atoms with E-state index in [1.807, 2.05) is 0 Å². The summed E-state index contributed by atoms with van der Waals surface area (Å²) >= 11 is 6.05. The molecule has 2 rings (SSSR count). The summed E-state index contributed by atoms with van der Waals surface area (Å²) in [6.07, 6.45) is 1.64. The van der Waals surface area contributed by atoms with Gasteiger partial charge in [0.1, 0.15) is 0 Å². The van der Waals surface area contributed by atoms with Crippen LogP contribution >= 0.6 is 11.6 Å². The van der Waals surface area contributed by atoms with Crippen molar-refractivity contribution in [2.75, 3.05) is 6.54 Å². The van der Waals surface area contributed by atoms with Gasteiger partial charge in [-0.2, -0.15) is 0 Å². The van der Waals surface area contributed by atoms with E-state index in [0.717, 1.165) is 6.54 Å². The molecule has 21 heavy (non-hydrogen) atoms. The normalized spacial score (nSPS) is 11.0. The molecule has 1 aromatic carbocycles. The van der Waals surface area contributed by atoms with Crippen LogP contribution in [-0.4, -0.2) is 26.5 Å². The van der Waals surface area contributed by atoms with Gasteiger partial charge in [-0.1, -0.05) is 36.7 Å². The molecule has 0 saturated heterocycles. The Labute approximate surface area is 127 Å². The van der Waals surface area contributed by atoms with Crippen LogP contribution < -0.4 is 5.32 Å². The Hall–Kier alpha value is -1.99. The number of hydrogen-bond acceptors (Lipinski definition) is 5. The molecule has 0 bridgehead atoms. The van der Waals surface area contributed by atoms with E-state index in [0.29, 0.717) is 18.2 Å². The van der Waals surface area contributed by atoms with Crippen LogP contribution in [0.15, 0.2) is 24.4 Å². The molecule has 0 aliphatic carbocycles. The maximum atomic E-state index is 11.1. The molecule has 0 fully saturated rings. The number of benzene rings is 1. The number of hydrogen-bond donors (Lipinski definition) is 1. The van der Waals surface area contributed by atoms with Crippen LogP contribution in [0.25, 0.3) is 5.69 Å². The van der Waals surface area contributed by atoms with Gasteiger partial charge in [0.2, 0.25) is 0 Å². The van der Waals surface area contributed by atoms with E-state index in [-0.39, 0.29) is 16.4 Å². The van der Waals surface area contributed by atoms with E-state index in [1.54, 1.807) is 12.3 Å². The van der Waals surface area contributed by atoms with Gasteiger partial charge in [-0.05, 0) is 18.5 Å². The van der Waals surface area contributed by atoms with Gasteiger partial charge >= 0.3 is 0 Å². The second-order valence-corrected chi connectivity index (χ2v) is 5.45. The first kappa shape index (κ1) is 15.4. The number of aromatic nitrogens is 3. The Morgan fingerprint density at radius 3 is 2.90 bits per heavy atom. The van der Waals surface area contributed by atoms with Gasteiger partial charge in [-0.15, -0.1) is 5.10 Å². The van der Waals surface area contributed by atoms with Crippen molar-refractivity contribution in [1.82, 2.24) is 20.3 Å².